The number of esters is 1. The van der Waals surface area contributed by atoms with Gasteiger partial charge in [-0.05, 0) is 12.8 Å². The number of unbranched alkanes of at least 4 members (excludes halogenated alkanes) is 5. The van der Waals surface area contributed by atoms with Crippen molar-refractivity contribution in [1.29, 1.82) is 0 Å². The van der Waals surface area contributed by atoms with Crippen molar-refractivity contribution in [2.45, 2.75) is 58.3 Å². The molecular formula is C16H29NO4. The van der Waals surface area contributed by atoms with Gasteiger partial charge in [-0.1, -0.05) is 44.8 Å². The van der Waals surface area contributed by atoms with Gasteiger partial charge in [-0.3, -0.25) is 9.59 Å². The van der Waals surface area contributed by atoms with E-state index in [0.717, 1.165) is 6.42 Å². The molecule has 122 valence electrons. The molecule has 0 saturated carbocycles. The van der Waals surface area contributed by atoms with Crippen LogP contribution >= 0.6 is 0 Å². The number of hydrogen-bond acceptors (Lipinski definition) is 4. The molecule has 5 nitrogen and oxygen atoms in total. The van der Waals surface area contributed by atoms with E-state index in [1.807, 2.05) is 6.08 Å². The van der Waals surface area contributed by atoms with Gasteiger partial charge in [0.1, 0.15) is 6.61 Å². The molecule has 5 heteroatoms. The van der Waals surface area contributed by atoms with E-state index in [0.29, 0.717) is 19.7 Å². The molecule has 0 bridgehead atoms. The molecule has 0 rings (SSSR count). The Kier molecular flexibility index (Phi) is 14.1. The zero-order chi connectivity index (χ0) is 15.8. The van der Waals surface area contributed by atoms with E-state index in [1.165, 1.54) is 32.1 Å². The predicted molar refractivity (Wildman–Crippen MR) is 83.2 cm³/mol. The average Bonchev–Trinajstić information content (AvgIpc) is 2.45. The molecule has 0 amide bonds. The van der Waals surface area contributed by atoms with Crippen LogP contribution in [0.3, 0.4) is 0 Å². The van der Waals surface area contributed by atoms with Crippen LogP contribution in [0, 0.1) is 0 Å². The smallest absolute Gasteiger partial charge is 0.307 e. The fraction of sp³-hybridized carbons (Fsp3) is 0.750. The van der Waals surface area contributed by atoms with Crippen LogP contribution in [0.1, 0.15) is 58.3 Å². The summed E-state index contributed by atoms with van der Waals surface area (Å²) in [4.78, 5) is 21.6. The minimum Gasteiger partial charge on any atom is -0.481 e. The third-order valence-electron chi connectivity index (χ3n) is 3.00. The van der Waals surface area contributed by atoms with Crippen molar-refractivity contribution in [3.63, 3.8) is 0 Å². The number of carboxylic acid groups (broad SMARTS) is 1. The molecular weight excluding hydrogens is 270 g/mol. The number of aliphatic carboxylic acids is 1. The van der Waals surface area contributed by atoms with E-state index in [4.69, 9.17) is 9.84 Å². The minimum absolute atomic E-state index is 0.0655. The van der Waals surface area contributed by atoms with Gasteiger partial charge >= 0.3 is 11.9 Å². The molecule has 0 aliphatic heterocycles. The first-order valence-corrected chi connectivity index (χ1v) is 7.90. The third-order valence-corrected chi connectivity index (χ3v) is 3.00. The van der Waals surface area contributed by atoms with E-state index in [2.05, 4.69) is 18.3 Å². The van der Waals surface area contributed by atoms with Crippen molar-refractivity contribution in [3.05, 3.63) is 12.2 Å². The molecule has 0 aliphatic rings. The van der Waals surface area contributed by atoms with Crippen LogP contribution in [0.5, 0.6) is 0 Å². The van der Waals surface area contributed by atoms with Gasteiger partial charge < -0.3 is 15.2 Å². The number of nitrogens with one attached hydrogen (secondary N) is 1. The highest BCUT2D eigenvalue weighted by atomic mass is 16.5. The first kappa shape index (κ1) is 19.6. The molecule has 0 atom stereocenters. The fourth-order valence-corrected chi connectivity index (χ4v) is 1.78. The molecule has 0 unspecified atom stereocenters. The average molecular weight is 299 g/mol. The number of allylic oxidation sites excluding steroid dienone is 1. The van der Waals surface area contributed by atoms with E-state index in [-0.39, 0.29) is 18.8 Å². The second-order valence-corrected chi connectivity index (χ2v) is 5.00. The van der Waals surface area contributed by atoms with Crippen molar-refractivity contribution < 1.29 is 19.4 Å². The van der Waals surface area contributed by atoms with E-state index in [9.17, 15) is 9.59 Å². The first-order valence-electron chi connectivity index (χ1n) is 7.90. The highest BCUT2D eigenvalue weighted by molar-refractivity contribution is 5.69. The van der Waals surface area contributed by atoms with E-state index in [1.54, 1.807) is 0 Å². The summed E-state index contributed by atoms with van der Waals surface area (Å²) in [6.07, 6.45) is 11.6. The standard InChI is InChI=1S/C16H29NO4/c1-2-3-4-5-6-7-8-9-14-21-16(20)11-13-17-12-10-15(18)19/h8-9,17H,2-7,10-14H2,1H3,(H,18,19). The third kappa shape index (κ3) is 16.6. The molecule has 0 aromatic rings. The van der Waals surface area contributed by atoms with Gasteiger partial charge in [0, 0.05) is 13.1 Å². The molecule has 0 spiro atoms. The van der Waals surface area contributed by atoms with Gasteiger partial charge in [0.25, 0.3) is 0 Å². The van der Waals surface area contributed by atoms with Gasteiger partial charge in [0.05, 0.1) is 12.8 Å². The Labute approximate surface area is 127 Å². The van der Waals surface area contributed by atoms with Crippen molar-refractivity contribution in [3.8, 4) is 0 Å². The van der Waals surface area contributed by atoms with Gasteiger partial charge in [-0.25, -0.2) is 0 Å². The van der Waals surface area contributed by atoms with Crippen LogP contribution in [0.25, 0.3) is 0 Å². The number of carbonyl (C=O) groups excluding carboxylic acids is 1. The van der Waals surface area contributed by atoms with Crippen LogP contribution in [-0.2, 0) is 14.3 Å². The SMILES string of the molecule is CCCCCCCC=CCOC(=O)CCNCCC(=O)O. The van der Waals surface area contributed by atoms with Gasteiger partial charge in [-0.15, -0.1) is 0 Å². The summed E-state index contributed by atoms with van der Waals surface area (Å²) >= 11 is 0. The zero-order valence-electron chi connectivity index (χ0n) is 13.1. The molecule has 0 aromatic heterocycles. The summed E-state index contributed by atoms with van der Waals surface area (Å²) in [6.45, 7) is 3.35. The number of ether oxygens (including phenoxy) is 1. The maximum Gasteiger partial charge on any atom is 0.307 e. The molecule has 0 fully saturated rings. The maximum atomic E-state index is 11.3. The largest absolute Gasteiger partial charge is 0.481 e. The summed E-state index contributed by atoms with van der Waals surface area (Å²) < 4.78 is 5.03. The molecule has 0 aromatic carbocycles. The van der Waals surface area contributed by atoms with Crippen LogP contribution in [0.4, 0.5) is 0 Å². The Morgan fingerprint density at radius 3 is 2.48 bits per heavy atom. The van der Waals surface area contributed by atoms with Crippen molar-refractivity contribution in [2.75, 3.05) is 19.7 Å². The van der Waals surface area contributed by atoms with Gasteiger partial charge in [-0.2, -0.15) is 0 Å². The highest BCUT2D eigenvalue weighted by Gasteiger charge is 2.01. The first-order chi connectivity index (χ1) is 10.2. The quantitative estimate of drug-likeness (QED) is 0.293. The molecule has 2 N–H and O–H groups in total. The lowest BCUT2D eigenvalue weighted by molar-refractivity contribution is -0.142. The highest BCUT2D eigenvalue weighted by Crippen LogP contribution is 2.05. The number of carbonyl (C=O) groups is 2. The monoisotopic (exact) mass is 299 g/mol. The lowest BCUT2D eigenvalue weighted by atomic mass is 10.1. The summed E-state index contributed by atoms with van der Waals surface area (Å²) in [5, 5.41) is 11.3. The van der Waals surface area contributed by atoms with Crippen LogP contribution < -0.4 is 5.32 Å². The van der Waals surface area contributed by atoms with Crippen molar-refractivity contribution in [2.24, 2.45) is 0 Å². The minimum atomic E-state index is -0.843. The normalized spacial score (nSPS) is 10.9. The molecule has 0 heterocycles. The topological polar surface area (TPSA) is 75.6 Å². The number of carboxylic acids is 1. The molecule has 0 saturated heterocycles. The van der Waals surface area contributed by atoms with Gasteiger partial charge in [0.2, 0.25) is 0 Å². The van der Waals surface area contributed by atoms with Crippen molar-refractivity contribution >= 4 is 11.9 Å². The van der Waals surface area contributed by atoms with Crippen molar-refractivity contribution in [1.82, 2.24) is 5.32 Å². The Hall–Kier alpha value is -1.36. The molecule has 0 aliphatic carbocycles. The van der Waals surface area contributed by atoms with Crippen LogP contribution in [0.15, 0.2) is 12.2 Å². The summed E-state index contributed by atoms with van der Waals surface area (Å²) in [6, 6.07) is 0. The zero-order valence-corrected chi connectivity index (χ0v) is 13.1. The Morgan fingerprint density at radius 1 is 1.05 bits per heavy atom. The van der Waals surface area contributed by atoms with E-state index >= 15 is 0 Å². The Bertz CT molecular complexity index is 303. The predicted octanol–water partition coefficient (Wildman–Crippen LogP) is 2.90. The maximum absolute atomic E-state index is 11.3. The molecule has 21 heavy (non-hydrogen) atoms. The van der Waals surface area contributed by atoms with Gasteiger partial charge in [0.15, 0.2) is 0 Å². The lowest BCUT2D eigenvalue weighted by Gasteiger charge is -2.03. The molecule has 0 radical (unpaired) electrons. The summed E-state index contributed by atoms with van der Waals surface area (Å²) in [5.74, 6) is -1.10. The van der Waals surface area contributed by atoms with Crippen LogP contribution in [-0.4, -0.2) is 36.7 Å². The summed E-state index contributed by atoms with van der Waals surface area (Å²) in [7, 11) is 0. The lowest BCUT2D eigenvalue weighted by Crippen LogP contribution is -2.22. The second kappa shape index (κ2) is 15.0. The Balaban J connectivity index is 3.30. The number of rotatable bonds is 14. The second-order valence-electron chi connectivity index (χ2n) is 5.00. The van der Waals surface area contributed by atoms with Crippen LogP contribution in [0.2, 0.25) is 0 Å². The number of hydrogen-bond donors (Lipinski definition) is 2. The Morgan fingerprint density at radius 2 is 1.76 bits per heavy atom. The van der Waals surface area contributed by atoms with E-state index < -0.39 is 5.97 Å². The summed E-state index contributed by atoms with van der Waals surface area (Å²) in [5.41, 5.74) is 0. The fourth-order valence-electron chi connectivity index (χ4n) is 1.78.